The molecule has 0 amide bonds. The molecule has 9 aromatic carbocycles. The van der Waals surface area contributed by atoms with Crippen molar-refractivity contribution in [1.82, 2.24) is 4.48 Å². The number of hydrogen-bond acceptors (Lipinski definition) is 2. The van der Waals surface area contributed by atoms with Gasteiger partial charge in [-0.1, -0.05) is 153 Å². The largest absolute Gasteiger partial charge is 0.454 e. The zero-order valence-electron chi connectivity index (χ0n) is 32.6. The molecule has 3 nitrogen and oxygen atoms in total. The molecule has 2 aromatic heterocycles. The van der Waals surface area contributed by atoms with Crippen LogP contribution in [0.15, 0.2) is 180 Å². The van der Waals surface area contributed by atoms with Crippen molar-refractivity contribution in [1.29, 1.82) is 0 Å². The zero-order chi connectivity index (χ0) is 38.7. The second-order valence-electron chi connectivity index (χ2n) is 17.2. The summed E-state index contributed by atoms with van der Waals surface area (Å²) in [6.45, 7) is 4.74. The highest BCUT2D eigenvalue weighted by molar-refractivity contribution is 6.90. The average molecular weight is 751 g/mol. The van der Waals surface area contributed by atoms with Gasteiger partial charge >= 0.3 is 6.85 Å². The number of nitrogens with zero attached hydrogens (tertiary/aromatic N) is 2. The molecule has 2 aliphatic heterocycles. The minimum absolute atomic E-state index is 0.0804. The summed E-state index contributed by atoms with van der Waals surface area (Å²) >= 11 is 0. The van der Waals surface area contributed by atoms with E-state index in [2.05, 4.69) is 199 Å². The highest BCUT2D eigenvalue weighted by Crippen LogP contribution is 2.58. The molecular weight excluding hydrogens is 715 g/mol. The Hall–Kier alpha value is -7.30. The van der Waals surface area contributed by atoms with Crippen LogP contribution in [0.25, 0.3) is 87.9 Å². The number of fused-ring (bicyclic) bond motifs is 15. The van der Waals surface area contributed by atoms with Crippen molar-refractivity contribution in [3.63, 3.8) is 0 Å². The minimum Gasteiger partial charge on any atom is -0.454 e. The Morgan fingerprint density at radius 1 is 0.508 bits per heavy atom. The maximum absolute atomic E-state index is 6.95. The molecule has 4 heterocycles. The van der Waals surface area contributed by atoms with E-state index in [1.807, 2.05) is 0 Å². The van der Waals surface area contributed by atoms with Crippen LogP contribution in [0, 0.1) is 0 Å². The van der Waals surface area contributed by atoms with Crippen LogP contribution in [0.2, 0.25) is 0 Å². The first-order valence-electron chi connectivity index (χ1n) is 20.7. The van der Waals surface area contributed by atoms with E-state index in [0.717, 1.165) is 27.6 Å². The van der Waals surface area contributed by atoms with Gasteiger partial charge in [0.2, 0.25) is 0 Å². The van der Waals surface area contributed by atoms with Crippen molar-refractivity contribution in [2.45, 2.75) is 19.3 Å². The highest BCUT2D eigenvalue weighted by Gasteiger charge is 2.48. The first-order chi connectivity index (χ1) is 29.0. The Kier molecular flexibility index (Phi) is 5.92. The summed E-state index contributed by atoms with van der Waals surface area (Å²) in [5.41, 5.74) is 20.6. The van der Waals surface area contributed by atoms with E-state index < -0.39 is 0 Å². The maximum Gasteiger partial charge on any atom is 0.333 e. The molecule has 0 N–H and O–H groups in total. The van der Waals surface area contributed by atoms with Gasteiger partial charge in [0.15, 0.2) is 5.58 Å². The second kappa shape index (κ2) is 11.0. The van der Waals surface area contributed by atoms with Crippen molar-refractivity contribution in [3.05, 3.63) is 187 Å². The van der Waals surface area contributed by atoms with Crippen LogP contribution >= 0.6 is 0 Å². The number of anilines is 3. The number of para-hydroxylation sites is 3. The number of rotatable bonds is 2. The number of hydrogen-bond donors (Lipinski definition) is 0. The van der Waals surface area contributed by atoms with E-state index in [1.54, 1.807) is 0 Å². The molecule has 0 saturated carbocycles. The van der Waals surface area contributed by atoms with Crippen LogP contribution in [0.5, 0.6) is 0 Å². The molecule has 59 heavy (non-hydrogen) atoms. The van der Waals surface area contributed by atoms with Gasteiger partial charge in [-0.3, -0.25) is 0 Å². The van der Waals surface area contributed by atoms with Crippen LogP contribution < -0.4 is 15.8 Å². The monoisotopic (exact) mass is 750 g/mol. The third-order valence-electron chi connectivity index (χ3n) is 13.9. The van der Waals surface area contributed by atoms with Crippen molar-refractivity contribution < 1.29 is 4.42 Å². The van der Waals surface area contributed by atoms with Crippen LogP contribution in [0.4, 0.5) is 17.1 Å². The van der Waals surface area contributed by atoms with Gasteiger partial charge in [-0.25, -0.2) is 0 Å². The summed E-state index contributed by atoms with van der Waals surface area (Å²) in [7, 11) is 0. The standard InChI is InChI=1S/C55H35BN2O/c1-55(2)43-23-10-8-19-40(43)50-44(55)31-42-38-21-12-20-37-41-28-33-16-6-7-17-34(33)29-47(41)58(52(37)38)56-45-27-26-35(32-14-4-3-5-15-32)30-48(45)57(53(50)51(42)56)46-24-13-22-39-36-18-9-11-25-49(36)59-54(39)46/h3-31H,1-2H3. The van der Waals surface area contributed by atoms with Crippen LogP contribution in [-0.2, 0) is 5.41 Å². The van der Waals surface area contributed by atoms with Gasteiger partial charge in [0.1, 0.15) is 5.58 Å². The smallest absolute Gasteiger partial charge is 0.333 e. The summed E-state index contributed by atoms with van der Waals surface area (Å²) in [6, 6.07) is 65.5. The first-order valence-corrected chi connectivity index (χ1v) is 20.7. The fraction of sp³-hybridized carbons (Fsp3) is 0.0545. The van der Waals surface area contributed by atoms with E-state index >= 15 is 0 Å². The van der Waals surface area contributed by atoms with Crippen molar-refractivity contribution >= 4 is 89.4 Å². The molecule has 274 valence electrons. The molecule has 0 fully saturated rings. The lowest BCUT2D eigenvalue weighted by atomic mass is 9.44. The van der Waals surface area contributed by atoms with Gasteiger partial charge in [0, 0.05) is 54.8 Å². The third-order valence-corrected chi connectivity index (χ3v) is 13.9. The number of benzene rings is 9. The molecule has 14 rings (SSSR count). The SMILES string of the molecule is CC1(C)c2ccccc2-c2c1cc1c3c2N(c2cccc4c2oc2ccccc24)c2cc(-c4ccccc4)ccc2B3n2c3cc4ccccc4cc3c3cccc-1c32. The minimum atomic E-state index is -0.216. The average Bonchev–Trinajstić information content (AvgIpc) is 3.90. The van der Waals surface area contributed by atoms with Gasteiger partial charge < -0.3 is 13.8 Å². The molecule has 1 aliphatic carbocycles. The molecule has 4 heteroatoms. The van der Waals surface area contributed by atoms with Gasteiger partial charge in [-0.05, 0) is 91.5 Å². The Morgan fingerprint density at radius 2 is 1.24 bits per heavy atom. The summed E-state index contributed by atoms with van der Waals surface area (Å²) in [4.78, 5) is 2.59. The van der Waals surface area contributed by atoms with Crippen molar-refractivity contribution in [3.8, 4) is 33.4 Å². The quantitative estimate of drug-likeness (QED) is 0.164. The van der Waals surface area contributed by atoms with Gasteiger partial charge in [0.05, 0.1) is 11.4 Å². The fourth-order valence-corrected chi connectivity index (χ4v) is 11.3. The van der Waals surface area contributed by atoms with E-state index in [0.29, 0.717) is 0 Å². The Labute approximate surface area is 341 Å². The summed E-state index contributed by atoms with van der Waals surface area (Å²) < 4.78 is 9.64. The van der Waals surface area contributed by atoms with E-state index in [9.17, 15) is 0 Å². The van der Waals surface area contributed by atoms with Gasteiger partial charge in [0.25, 0.3) is 0 Å². The molecule has 0 spiro atoms. The van der Waals surface area contributed by atoms with Crippen LogP contribution in [0.1, 0.15) is 25.0 Å². The molecule has 0 radical (unpaired) electrons. The second-order valence-corrected chi connectivity index (χ2v) is 17.2. The Morgan fingerprint density at radius 3 is 2.14 bits per heavy atom. The first kappa shape index (κ1) is 31.8. The van der Waals surface area contributed by atoms with E-state index in [1.165, 1.54) is 99.4 Å². The Bertz CT molecular complexity index is 3670. The topological polar surface area (TPSA) is 21.3 Å². The summed E-state index contributed by atoms with van der Waals surface area (Å²) in [5.74, 6) is 0. The van der Waals surface area contributed by atoms with E-state index in [-0.39, 0.29) is 12.3 Å². The number of aromatic nitrogens is 1. The lowest BCUT2D eigenvalue weighted by Gasteiger charge is -2.42. The van der Waals surface area contributed by atoms with Crippen LogP contribution in [0.3, 0.4) is 0 Å². The lowest BCUT2D eigenvalue weighted by molar-refractivity contribution is 0.660. The normalized spacial score (nSPS) is 14.3. The Balaban J connectivity index is 1.21. The van der Waals surface area contributed by atoms with Gasteiger partial charge in [-0.15, -0.1) is 0 Å². The molecular formula is C55H35BN2O. The predicted molar refractivity (Wildman–Crippen MR) is 248 cm³/mol. The third kappa shape index (κ3) is 3.94. The maximum atomic E-state index is 6.95. The van der Waals surface area contributed by atoms with Crippen molar-refractivity contribution in [2.24, 2.45) is 0 Å². The summed E-state index contributed by atoms with van der Waals surface area (Å²) in [5, 5.41) is 7.37. The molecule has 3 aliphatic rings. The molecule has 11 aromatic rings. The molecule has 0 saturated heterocycles. The lowest BCUT2D eigenvalue weighted by Crippen LogP contribution is -2.57. The molecule has 0 bridgehead atoms. The van der Waals surface area contributed by atoms with Crippen molar-refractivity contribution in [2.75, 3.05) is 4.90 Å². The van der Waals surface area contributed by atoms with Gasteiger partial charge in [-0.2, -0.15) is 0 Å². The highest BCUT2D eigenvalue weighted by atomic mass is 16.3. The molecule has 0 atom stereocenters. The summed E-state index contributed by atoms with van der Waals surface area (Å²) in [6.07, 6.45) is 0. The van der Waals surface area contributed by atoms with Crippen LogP contribution in [-0.4, -0.2) is 11.3 Å². The molecule has 0 unspecified atom stereocenters. The fourth-order valence-electron chi connectivity index (χ4n) is 11.3. The number of furan rings is 1. The van der Waals surface area contributed by atoms with E-state index in [4.69, 9.17) is 4.42 Å². The predicted octanol–water partition coefficient (Wildman–Crippen LogP) is 13.2. The zero-order valence-corrected chi connectivity index (χ0v) is 32.6.